The fourth-order valence-corrected chi connectivity index (χ4v) is 4.20. The number of alkyl carbamates (subject to hydrolysis) is 1. The summed E-state index contributed by atoms with van der Waals surface area (Å²) in [5.74, 6) is -2.39. The number of esters is 1. The standard InChI is InChI=1S/C33H42N4O7/c1-8-22-15-12-16-24(19-22)27(37(18-17-34)29(40)26(21-38)36-31(42)44-33(5,6)7)28(39)35-25(30(41)43-32(2,3)4)20-23-13-10-9-11-14-23/h8-16,19,25-27,38H,1,18,20-21H2,2-7H3,(H,35,39)(H,36,42). The minimum absolute atomic E-state index is 0.0899. The third-order valence-electron chi connectivity index (χ3n) is 6.01. The second-order valence-corrected chi connectivity index (χ2v) is 12.1. The Labute approximate surface area is 258 Å². The molecule has 2 aromatic carbocycles. The Morgan fingerprint density at radius 2 is 1.59 bits per heavy atom. The molecule has 3 amide bonds. The number of nitriles is 1. The van der Waals surface area contributed by atoms with Gasteiger partial charge in [0.1, 0.15) is 35.9 Å². The van der Waals surface area contributed by atoms with Gasteiger partial charge in [-0.1, -0.05) is 61.2 Å². The summed E-state index contributed by atoms with van der Waals surface area (Å²) in [6.07, 6.45) is 0.672. The summed E-state index contributed by atoms with van der Waals surface area (Å²) in [5.41, 5.74) is -0.0504. The predicted octanol–water partition coefficient (Wildman–Crippen LogP) is 3.68. The number of rotatable bonds is 12. The zero-order valence-electron chi connectivity index (χ0n) is 26.1. The second-order valence-electron chi connectivity index (χ2n) is 12.1. The molecule has 3 N–H and O–H groups in total. The SMILES string of the molecule is C=Cc1cccc(C(C(=O)NC(Cc2ccccc2)C(=O)OC(C)(C)C)N(CC#N)C(=O)C(CO)NC(=O)OC(C)(C)C)c1. The monoisotopic (exact) mass is 606 g/mol. The molecular formula is C33H42N4O7. The lowest BCUT2D eigenvalue weighted by Gasteiger charge is -2.33. The summed E-state index contributed by atoms with van der Waals surface area (Å²) in [6.45, 7) is 12.3. The van der Waals surface area contributed by atoms with Crippen LogP contribution in [0.4, 0.5) is 4.79 Å². The van der Waals surface area contributed by atoms with Crippen LogP contribution in [0, 0.1) is 11.3 Å². The van der Waals surface area contributed by atoms with Gasteiger partial charge in [-0.15, -0.1) is 0 Å². The van der Waals surface area contributed by atoms with Gasteiger partial charge in [0.05, 0.1) is 12.7 Å². The summed E-state index contributed by atoms with van der Waals surface area (Å²) in [7, 11) is 0. The molecule has 0 aliphatic carbocycles. The van der Waals surface area contributed by atoms with Crippen LogP contribution in [-0.2, 0) is 30.3 Å². The topological polar surface area (TPSA) is 158 Å². The van der Waals surface area contributed by atoms with Gasteiger partial charge in [-0.2, -0.15) is 5.26 Å². The van der Waals surface area contributed by atoms with Gasteiger partial charge in [-0.3, -0.25) is 9.59 Å². The number of ether oxygens (including phenoxy) is 2. The van der Waals surface area contributed by atoms with Gasteiger partial charge < -0.3 is 30.1 Å². The molecule has 0 spiro atoms. The van der Waals surface area contributed by atoms with Gasteiger partial charge in [-0.25, -0.2) is 9.59 Å². The van der Waals surface area contributed by atoms with Crippen molar-refractivity contribution < 1.29 is 33.8 Å². The van der Waals surface area contributed by atoms with Gasteiger partial charge in [0.25, 0.3) is 0 Å². The summed E-state index contributed by atoms with van der Waals surface area (Å²) in [4.78, 5) is 54.6. The zero-order valence-corrected chi connectivity index (χ0v) is 26.1. The molecule has 0 saturated heterocycles. The number of hydrogen-bond donors (Lipinski definition) is 3. The van der Waals surface area contributed by atoms with Crippen molar-refractivity contribution in [2.75, 3.05) is 13.2 Å². The summed E-state index contributed by atoms with van der Waals surface area (Å²) < 4.78 is 10.8. The lowest BCUT2D eigenvalue weighted by molar-refractivity contribution is -0.159. The van der Waals surface area contributed by atoms with Crippen LogP contribution < -0.4 is 10.6 Å². The average Bonchev–Trinajstić information content (AvgIpc) is 2.93. The Kier molecular flexibility index (Phi) is 12.7. The summed E-state index contributed by atoms with van der Waals surface area (Å²) >= 11 is 0. The van der Waals surface area contributed by atoms with Crippen molar-refractivity contribution in [1.82, 2.24) is 15.5 Å². The zero-order chi connectivity index (χ0) is 33.1. The lowest BCUT2D eigenvalue weighted by Crippen LogP contribution is -2.56. The third-order valence-corrected chi connectivity index (χ3v) is 6.01. The Hall–Kier alpha value is -4.69. The minimum Gasteiger partial charge on any atom is -0.458 e. The Morgan fingerprint density at radius 3 is 2.14 bits per heavy atom. The first-order chi connectivity index (χ1) is 20.6. The van der Waals surface area contributed by atoms with E-state index in [0.717, 1.165) is 10.5 Å². The van der Waals surface area contributed by atoms with Crippen molar-refractivity contribution >= 4 is 30.0 Å². The maximum Gasteiger partial charge on any atom is 0.408 e. The molecule has 0 aromatic heterocycles. The highest BCUT2D eigenvalue weighted by Crippen LogP contribution is 2.25. The van der Waals surface area contributed by atoms with Gasteiger partial charge >= 0.3 is 12.1 Å². The van der Waals surface area contributed by atoms with Crippen molar-refractivity contribution in [3.8, 4) is 6.07 Å². The first-order valence-electron chi connectivity index (χ1n) is 14.2. The highest BCUT2D eigenvalue weighted by atomic mass is 16.6. The predicted molar refractivity (Wildman–Crippen MR) is 165 cm³/mol. The molecule has 0 saturated carbocycles. The van der Waals surface area contributed by atoms with E-state index >= 15 is 0 Å². The molecule has 2 rings (SSSR count). The second kappa shape index (κ2) is 15.7. The Balaban J connectivity index is 2.57. The highest BCUT2D eigenvalue weighted by molar-refractivity contribution is 5.94. The van der Waals surface area contributed by atoms with Crippen LogP contribution in [0.2, 0.25) is 0 Å². The van der Waals surface area contributed by atoms with Crippen molar-refractivity contribution in [3.05, 3.63) is 77.9 Å². The molecule has 11 heteroatoms. The quantitative estimate of drug-likeness (QED) is 0.244. The van der Waals surface area contributed by atoms with E-state index in [1.165, 1.54) is 0 Å². The molecular weight excluding hydrogens is 564 g/mol. The van der Waals surface area contributed by atoms with Crippen molar-refractivity contribution in [2.24, 2.45) is 0 Å². The van der Waals surface area contributed by atoms with E-state index in [9.17, 15) is 29.5 Å². The van der Waals surface area contributed by atoms with Crippen LogP contribution in [-0.4, -0.2) is 70.3 Å². The van der Waals surface area contributed by atoms with Crippen LogP contribution >= 0.6 is 0 Å². The van der Waals surface area contributed by atoms with Crippen LogP contribution in [0.3, 0.4) is 0 Å². The van der Waals surface area contributed by atoms with Crippen LogP contribution in [0.25, 0.3) is 6.08 Å². The van der Waals surface area contributed by atoms with E-state index in [0.29, 0.717) is 11.1 Å². The van der Waals surface area contributed by atoms with Gasteiger partial charge in [0.2, 0.25) is 11.8 Å². The third kappa shape index (κ3) is 11.2. The number of aliphatic hydroxyl groups excluding tert-OH is 1. The minimum atomic E-state index is -1.54. The van der Waals surface area contributed by atoms with Crippen LogP contribution in [0.5, 0.6) is 0 Å². The molecule has 11 nitrogen and oxygen atoms in total. The lowest BCUT2D eigenvalue weighted by atomic mass is 9.99. The molecule has 0 bridgehead atoms. The first kappa shape index (κ1) is 35.5. The molecule has 3 atom stereocenters. The molecule has 236 valence electrons. The number of nitrogens with zero attached hydrogens (tertiary/aromatic N) is 2. The Bertz CT molecular complexity index is 1360. The van der Waals surface area contributed by atoms with Crippen molar-refractivity contribution in [1.29, 1.82) is 5.26 Å². The van der Waals surface area contributed by atoms with Crippen molar-refractivity contribution in [2.45, 2.75) is 77.3 Å². The maximum atomic E-state index is 14.1. The molecule has 3 unspecified atom stereocenters. The summed E-state index contributed by atoms with van der Waals surface area (Å²) in [5, 5.41) is 24.8. The van der Waals surface area contributed by atoms with E-state index < -0.39 is 66.4 Å². The van der Waals surface area contributed by atoms with E-state index in [1.807, 2.05) is 12.1 Å². The van der Waals surface area contributed by atoms with E-state index in [-0.39, 0.29) is 6.42 Å². The molecule has 0 radical (unpaired) electrons. The largest absolute Gasteiger partial charge is 0.458 e. The van der Waals surface area contributed by atoms with Gasteiger partial charge in [0, 0.05) is 6.42 Å². The van der Waals surface area contributed by atoms with Crippen LogP contribution in [0.15, 0.2) is 61.2 Å². The molecule has 0 aliphatic rings. The number of amides is 3. The Morgan fingerprint density at radius 1 is 0.955 bits per heavy atom. The number of benzene rings is 2. The molecule has 2 aromatic rings. The number of carbonyl (C=O) groups excluding carboxylic acids is 4. The fourth-order valence-electron chi connectivity index (χ4n) is 4.20. The smallest absolute Gasteiger partial charge is 0.408 e. The normalized spacial score (nSPS) is 13.3. The van der Waals surface area contributed by atoms with E-state index in [4.69, 9.17) is 9.47 Å². The molecule has 0 fully saturated rings. The molecule has 0 aliphatic heterocycles. The molecule has 0 heterocycles. The van der Waals surface area contributed by atoms with Crippen molar-refractivity contribution in [3.63, 3.8) is 0 Å². The number of hydrogen-bond acceptors (Lipinski definition) is 8. The van der Waals surface area contributed by atoms with Gasteiger partial charge in [0.15, 0.2) is 0 Å². The average molecular weight is 607 g/mol. The van der Waals surface area contributed by atoms with Gasteiger partial charge in [-0.05, 0) is 64.3 Å². The van der Waals surface area contributed by atoms with Crippen LogP contribution in [0.1, 0.15) is 64.3 Å². The number of carbonyl (C=O) groups is 4. The maximum absolute atomic E-state index is 14.1. The van der Waals surface area contributed by atoms with E-state index in [1.54, 1.807) is 96.1 Å². The van der Waals surface area contributed by atoms with E-state index in [2.05, 4.69) is 17.2 Å². The molecule has 44 heavy (non-hydrogen) atoms. The number of nitrogens with one attached hydrogen (secondary N) is 2. The summed E-state index contributed by atoms with van der Waals surface area (Å²) in [6, 6.07) is 13.4. The number of aliphatic hydroxyl groups is 1. The first-order valence-corrected chi connectivity index (χ1v) is 14.2. The highest BCUT2D eigenvalue weighted by Gasteiger charge is 2.38. The fraction of sp³-hybridized carbons (Fsp3) is 0.424.